The molecule has 2 N–H and O–H groups in total. The van der Waals surface area contributed by atoms with Gasteiger partial charge < -0.3 is 10.2 Å². The average molecular weight is 519 g/mol. The topological polar surface area (TPSA) is 81.1 Å². The van der Waals surface area contributed by atoms with E-state index >= 15 is 0 Å². The van der Waals surface area contributed by atoms with Gasteiger partial charge in [-0.3, -0.25) is 9.80 Å². The van der Waals surface area contributed by atoms with Crippen molar-refractivity contribution in [2.45, 2.75) is 77.3 Å². The van der Waals surface area contributed by atoms with Crippen molar-refractivity contribution in [3.63, 3.8) is 0 Å². The van der Waals surface area contributed by atoms with Crippen molar-refractivity contribution in [3.05, 3.63) is 81.9 Å². The molecule has 2 heterocycles. The van der Waals surface area contributed by atoms with Crippen LogP contribution in [-0.2, 0) is 35.5 Å². The molecule has 204 valence electrons. The molecule has 0 amide bonds. The molecule has 2 aliphatic heterocycles. The molecular formula is C32H42N2O4. The largest absolute Gasteiger partial charge is 0.478 e. The zero-order valence-electron chi connectivity index (χ0n) is 22.5. The van der Waals surface area contributed by atoms with Crippen LogP contribution in [0.25, 0.3) is 0 Å². The third-order valence-corrected chi connectivity index (χ3v) is 7.90. The molecule has 4 rings (SSSR count). The molecule has 2 aromatic rings. The van der Waals surface area contributed by atoms with Gasteiger partial charge in [-0.25, -0.2) is 9.59 Å². The number of hydrogen-bond donors (Lipinski definition) is 2. The molecule has 0 unspecified atom stereocenters. The Balaban J connectivity index is 1.43. The van der Waals surface area contributed by atoms with Gasteiger partial charge in [0, 0.05) is 25.9 Å². The number of nitrogens with zero attached hydrogens (tertiary/aromatic N) is 2. The second-order valence-electron chi connectivity index (χ2n) is 10.9. The van der Waals surface area contributed by atoms with Crippen molar-refractivity contribution in [3.8, 4) is 0 Å². The van der Waals surface area contributed by atoms with Crippen molar-refractivity contribution in [2.75, 3.05) is 26.2 Å². The molecule has 6 heteroatoms. The van der Waals surface area contributed by atoms with Crippen molar-refractivity contribution in [2.24, 2.45) is 0 Å². The van der Waals surface area contributed by atoms with Gasteiger partial charge in [0.15, 0.2) is 0 Å². The standard InChI is InChI=1S/C32H42N2O4/c35-31(36)29(21-25-9-13-27(14-10-25)23-33-17-5-1-2-6-18-33)30(32(37)38)22-26-11-15-28(16-12-26)24-34-19-7-3-4-8-20-34/h9-16H,1-8,17-24H2,(H,35,36)(H,37,38)/b30-29-. The van der Waals surface area contributed by atoms with E-state index in [2.05, 4.69) is 9.80 Å². The van der Waals surface area contributed by atoms with Gasteiger partial charge in [-0.05, 0) is 74.1 Å². The Morgan fingerprint density at radius 2 is 0.789 bits per heavy atom. The SMILES string of the molecule is O=C(O)/C(Cc1ccc(CN2CCCCCC2)cc1)=C(/Cc1ccc(CN2CCCCCC2)cc1)C(=O)O. The molecule has 0 aliphatic carbocycles. The van der Waals surface area contributed by atoms with Crippen molar-refractivity contribution < 1.29 is 19.8 Å². The van der Waals surface area contributed by atoms with Crippen LogP contribution in [0.5, 0.6) is 0 Å². The van der Waals surface area contributed by atoms with Crippen LogP contribution in [-0.4, -0.2) is 58.1 Å². The molecule has 2 aromatic carbocycles. The van der Waals surface area contributed by atoms with Crippen LogP contribution >= 0.6 is 0 Å². The van der Waals surface area contributed by atoms with E-state index in [9.17, 15) is 19.8 Å². The number of carboxylic acids is 2. The van der Waals surface area contributed by atoms with E-state index in [0.29, 0.717) is 0 Å². The zero-order chi connectivity index (χ0) is 26.7. The Labute approximate surface area is 227 Å². The predicted octanol–water partition coefficient (Wildman–Crippen LogP) is 5.69. The summed E-state index contributed by atoms with van der Waals surface area (Å²) in [5, 5.41) is 19.9. The van der Waals surface area contributed by atoms with Gasteiger partial charge in [0.25, 0.3) is 0 Å². The van der Waals surface area contributed by atoms with Crippen LogP contribution in [0.2, 0.25) is 0 Å². The lowest BCUT2D eigenvalue weighted by atomic mass is 9.94. The lowest BCUT2D eigenvalue weighted by Crippen LogP contribution is -2.23. The summed E-state index contributed by atoms with van der Waals surface area (Å²) in [6.45, 7) is 6.28. The number of benzene rings is 2. The number of aliphatic carboxylic acids is 2. The highest BCUT2D eigenvalue weighted by atomic mass is 16.4. The Morgan fingerprint density at radius 1 is 0.500 bits per heavy atom. The maximum atomic E-state index is 12.2. The van der Waals surface area contributed by atoms with E-state index in [4.69, 9.17) is 0 Å². The van der Waals surface area contributed by atoms with E-state index in [1.807, 2.05) is 48.5 Å². The average Bonchev–Trinajstić information content (AvgIpc) is 3.33. The third-order valence-electron chi connectivity index (χ3n) is 7.90. The van der Waals surface area contributed by atoms with Crippen molar-refractivity contribution in [1.82, 2.24) is 9.80 Å². The highest BCUT2D eigenvalue weighted by Gasteiger charge is 2.21. The number of rotatable bonds is 10. The van der Waals surface area contributed by atoms with Gasteiger partial charge in [-0.15, -0.1) is 0 Å². The number of carboxylic acid groups (broad SMARTS) is 2. The van der Waals surface area contributed by atoms with E-state index in [-0.39, 0.29) is 24.0 Å². The molecular weight excluding hydrogens is 476 g/mol. The second kappa shape index (κ2) is 14.3. The highest BCUT2D eigenvalue weighted by molar-refractivity contribution is 5.99. The number of hydrogen-bond acceptors (Lipinski definition) is 4. The molecule has 0 radical (unpaired) electrons. The molecule has 0 atom stereocenters. The van der Waals surface area contributed by atoms with Crippen LogP contribution in [0.4, 0.5) is 0 Å². The van der Waals surface area contributed by atoms with Gasteiger partial charge in [0.05, 0.1) is 11.1 Å². The molecule has 38 heavy (non-hydrogen) atoms. The second-order valence-corrected chi connectivity index (χ2v) is 10.9. The minimum Gasteiger partial charge on any atom is -0.478 e. The summed E-state index contributed by atoms with van der Waals surface area (Å²) in [6, 6.07) is 15.9. The smallest absolute Gasteiger partial charge is 0.332 e. The monoisotopic (exact) mass is 518 g/mol. The summed E-state index contributed by atoms with van der Waals surface area (Å²) in [5.41, 5.74) is 3.94. The first kappa shape index (κ1) is 28.1. The quantitative estimate of drug-likeness (QED) is 0.393. The molecule has 0 saturated carbocycles. The van der Waals surface area contributed by atoms with Crippen LogP contribution in [0.3, 0.4) is 0 Å². The minimum atomic E-state index is -1.17. The van der Waals surface area contributed by atoms with Gasteiger partial charge in [0.1, 0.15) is 0 Å². The van der Waals surface area contributed by atoms with Crippen LogP contribution in [0, 0.1) is 0 Å². The number of likely N-dealkylation sites (tertiary alicyclic amines) is 2. The molecule has 0 bridgehead atoms. The van der Waals surface area contributed by atoms with Gasteiger partial charge in [0.2, 0.25) is 0 Å². The van der Waals surface area contributed by atoms with Crippen LogP contribution in [0.15, 0.2) is 59.7 Å². The zero-order valence-corrected chi connectivity index (χ0v) is 22.5. The summed E-state index contributed by atoms with van der Waals surface area (Å²) in [6.07, 6.45) is 10.3. The maximum absolute atomic E-state index is 12.2. The van der Waals surface area contributed by atoms with Gasteiger partial charge in [-0.1, -0.05) is 74.2 Å². The summed E-state index contributed by atoms with van der Waals surface area (Å²) >= 11 is 0. The Morgan fingerprint density at radius 3 is 1.08 bits per heavy atom. The summed E-state index contributed by atoms with van der Waals surface area (Å²) in [4.78, 5) is 29.3. The Kier molecular flexibility index (Phi) is 10.5. The highest BCUT2D eigenvalue weighted by Crippen LogP contribution is 2.21. The van der Waals surface area contributed by atoms with E-state index in [0.717, 1.165) is 50.4 Å². The lowest BCUT2D eigenvalue weighted by Gasteiger charge is -2.20. The molecule has 6 nitrogen and oxygen atoms in total. The molecule has 0 spiro atoms. The van der Waals surface area contributed by atoms with Crippen LogP contribution in [0.1, 0.15) is 73.6 Å². The van der Waals surface area contributed by atoms with E-state index < -0.39 is 11.9 Å². The Bertz CT molecular complexity index is 988. The molecule has 0 aromatic heterocycles. The summed E-state index contributed by atoms with van der Waals surface area (Å²) in [5.74, 6) is -2.34. The fourth-order valence-corrected chi connectivity index (χ4v) is 5.66. The maximum Gasteiger partial charge on any atom is 0.332 e. The van der Waals surface area contributed by atoms with E-state index in [1.54, 1.807) is 0 Å². The first-order valence-corrected chi connectivity index (χ1v) is 14.3. The summed E-state index contributed by atoms with van der Waals surface area (Å²) in [7, 11) is 0. The molecule has 2 aliphatic rings. The van der Waals surface area contributed by atoms with Crippen LogP contribution < -0.4 is 0 Å². The fraction of sp³-hybridized carbons (Fsp3) is 0.500. The normalized spacial score (nSPS) is 18.3. The fourth-order valence-electron chi connectivity index (χ4n) is 5.66. The minimum absolute atomic E-state index is 0.0496. The third kappa shape index (κ3) is 8.53. The van der Waals surface area contributed by atoms with E-state index in [1.165, 1.54) is 62.5 Å². The Hall–Kier alpha value is -2.96. The van der Waals surface area contributed by atoms with Crippen molar-refractivity contribution in [1.29, 1.82) is 0 Å². The van der Waals surface area contributed by atoms with Gasteiger partial charge >= 0.3 is 11.9 Å². The molecule has 2 fully saturated rings. The molecule has 2 saturated heterocycles. The first-order valence-electron chi connectivity index (χ1n) is 14.3. The summed E-state index contributed by atoms with van der Waals surface area (Å²) < 4.78 is 0. The van der Waals surface area contributed by atoms with Gasteiger partial charge in [-0.2, -0.15) is 0 Å². The number of carbonyl (C=O) groups is 2. The predicted molar refractivity (Wildman–Crippen MR) is 150 cm³/mol. The first-order chi connectivity index (χ1) is 18.5. The van der Waals surface area contributed by atoms with Crippen molar-refractivity contribution >= 4 is 11.9 Å². The lowest BCUT2D eigenvalue weighted by molar-refractivity contribution is -0.136.